The minimum Gasteiger partial charge on any atom is -0.466 e. The number of rotatable bonds is 4. The van der Waals surface area contributed by atoms with Crippen molar-refractivity contribution in [2.45, 2.75) is 45.6 Å². The Balaban J connectivity index is 2.35. The summed E-state index contributed by atoms with van der Waals surface area (Å²) in [4.78, 5) is 14.4. The van der Waals surface area contributed by atoms with Gasteiger partial charge in [0.15, 0.2) is 0 Å². The van der Waals surface area contributed by atoms with Crippen LogP contribution in [0, 0.1) is 0 Å². The van der Waals surface area contributed by atoms with E-state index in [0.717, 1.165) is 31.4 Å². The average molecular weight is 287 g/mol. The van der Waals surface area contributed by atoms with Gasteiger partial charge in [-0.25, -0.2) is 4.79 Å². The van der Waals surface area contributed by atoms with Crippen molar-refractivity contribution < 1.29 is 9.53 Å². The Hall–Kier alpha value is -1.77. The summed E-state index contributed by atoms with van der Waals surface area (Å²) in [7, 11) is 1.46. The third-order valence-corrected chi connectivity index (χ3v) is 4.29. The highest BCUT2D eigenvalue weighted by molar-refractivity contribution is 5.89. The molecule has 1 aromatic rings. The van der Waals surface area contributed by atoms with Crippen LogP contribution in [0.1, 0.15) is 51.1 Å². The smallest absolute Gasteiger partial charge is 0.335 e. The molecule has 1 heterocycles. The Labute approximate surface area is 127 Å². The van der Waals surface area contributed by atoms with Gasteiger partial charge in [0.2, 0.25) is 0 Å². The van der Waals surface area contributed by atoms with Gasteiger partial charge < -0.3 is 9.64 Å². The topological polar surface area (TPSA) is 29.5 Å². The molecule has 0 spiro atoms. The van der Waals surface area contributed by atoms with Gasteiger partial charge in [0.05, 0.1) is 18.7 Å². The van der Waals surface area contributed by atoms with Crippen molar-refractivity contribution in [3.05, 3.63) is 47.2 Å². The van der Waals surface area contributed by atoms with Crippen molar-refractivity contribution in [2.75, 3.05) is 13.7 Å². The Morgan fingerprint density at radius 3 is 2.62 bits per heavy atom. The molecule has 1 aliphatic rings. The number of benzene rings is 1. The molecule has 21 heavy (non-hydrogen) atoms. The van der Waals surface area contributed by atoms with E-state index in [1.807, 2.05) is 13.0 Å². The van der Waals surface area contributed by atoms with Gasteiger partial charge in [-0.2, -0.15) is 0 Å². The van der Waals surface area contributed by atoms with Gasteiger partial charge in [-0.1, -0.05) is 37.3 Å². The highest BCUT2D eigenvalue weighted by atomic mass is 16.5. The van der Waals surface area contributed by atoms with E-state index in [1.54, 1.807) is 0 Å². The molecule has 0 unspecified atom stereocenters. The fraction of sp³-hybridized carbons (Fsp3) is 0.500. The van der Waals surface area contributed by atoms with Crippen LogP contribution in [0.5, 0.6) is 0 Å². The molecule has 1 saturated heterocycles. The lowest BCUT2D eigenvalue weighted by atomic mass is 9.96. The molecule has 1 aliphatic heterocycles. The number of esters is 1. The summed E-state index contributed by atoms with van der Waals surface area (Å²) >= 11 is 0. The first kappa shape index (κ1) is 15.6. The second-order valence-electron chi connectivity index (χ2n) is 5.51. The fourth-order valence-electron chi connectivity index (χ4n) is 3.11. The largest absolute Gasteiger partial charge is 0.466 e. The van der Waals surface area contributed by atoms with Crippen LogP contribution in [-0.2, 0) is 9.53 Å². The molecule has 3 heteroatoms. The SMILES string of the molecule is CC/C(C(=O)OC)=C1\CCCCN1[C@@H](C)c1ccccc1. The summed E-state index contributed by atoms with van der Waals surface area (Å²) in [6.07, 6.45) is 4.02. The maximum absolute atomic E-state index is 12.0. The average Bonchev–Trinajstić information content (AvgIpc) is 2.56. The molecule has 0 aromatic heterocycles. The number of hydrogen-bond donors (Lipinski definition) is 0. The minimum atomic E-state index is -0.181. The van der Waals surface area contributed by atoms with Crippen LogP contribution in [0.25, 0.3) is 0 Å². The van der Waals surface area contributed by atoms with Crippen LogP contribution in [-0.4, -0.2) is 24.5 Å². The highest BCUT2D eigenvalue weighted by Gasteiger charge is 2.26. The van der Waals surface area contributed by atoms with Crippen LogP contribution in [0.4, 0.5) is 0 Å². The first-order valence-corrected chi connectivity index (χ1v) is 7.81. The number of hydrogen-bond acceptors (Lipinski definition) is 3. The van der Waals surface area contributed by atoms with E-state index in [2.05, 4.69) is 36.1 Å². The Morgan fingerprint density at radius 2 is 2.00 bits per heavy atom. The number of carbonyl (C=O) groups excluding carboxylic acids is 1. The van der Waals surface area contributed by atoms with E-state index in [0.29, 0.717) is 0 Å². The lowest BCUT2D eigenvalue weighted by Crippen LogP contribution is -2.33. The zero-order valence-corrected chi connectivity index (χ0v) is 13.3. The predicted octanol–water partition coefficient (Wildman–Crippen LogP) is 4.07. The summed E-state index contributed by atoms with van der Waals surface area (Å²) in [5.41, 5.74) is 3.30. The predicted molar refractivity (Wildman–Crippen MR) is 84.7 cm³/mol. The molecule has 0 bridgehead atoms. The molecule has 0 radical (unpaired) electrons. The van der Waals surface area contributed by atoms with Gasteiger partial charge in [0, 0.05) is 12.2 Å². The van der Waals surface area contributed by atoms with E-state index in [-0.39, 0.29) is 12.0 Å². The molecule has 114 valence electrons. The van der Waals surface area contributed by atoms with Crippen LogP contribution < -0.4 is 0 Å². The monoisotopic (exact) mass is 287 g/mol. The van der Waals surface area contributed by atoms with Crippen LogP contribution in [0.3, 0.4) is 0 Å². The lowest BCUT2D eigenvalue weighted by Gasteiger charge is -2.38. The van der Waals surface area contributed by atoms with Gasteiger partial charge in [-0.05, 0) is 38.2 Å². The molecule has 0 N–H and O–H groups in total. The maximum atomic E-state index is 12.0. The third-order valence-electron chi connectivity index (χ3n) is 4.29. The summed E-state index contributed by atoms with van der Waals surface area (Å²) in [6.45, 7) is 5.25. The Kier molecular flexibility index (Phi) is 5.43. The molecule has 1 fully saturated rings. The van der Waals surface area contributed by atoms with Gasteiger partial charge in [-0.15, -0.1) is 0 Å². The molecular formula is C18H25NO2. The Morgan fingerprint density at radius 1 is 1.29 bits per heavy atom. The number of nitrogens with zero attached hydrogens (tertiary/aromatic N) is 1. The first-order valence-electron chi connectivity index (χ1n) is 7.81. The van der Waals surface area contributed by atoms with Crippen LogP contribution >= 0.6 is 0 Å². The van der Waals surface area contributed by atoms with E-state index >= 15 is 0 Å². The summed E-state index contributed by atoms with van der Waals surface area (Å²) in [6, 6.07) is 10.8. The molecule has 3 nitrogen and oxygen atoms in total. The molecule has 0 saturated carbocycles. The highest BCUT2D eigenvalue weighted by Crippen LogP contribution is 2.33. The maximum Gasteiger partial charge on any atom is 0.335 e. The molecule has 1 aromatic carbocycles. The molecule has 2 rings (SSSR count). The summed E-state index contributed by atoms with van der Waals surface area (Å²) in [5, 5.41) is 0. The van der Waals surface area contributed by atoms with Gasteiger partial charge >= 0.3 is 5.97 Å². The van der Waals surface area contributed by atoms with E-state index < -0.39 is 0 Å². The third kappa shape index (κ3) is 3.46. The lowest BCUT2D eigenvalue weighted by molar-refractivity contribution is -0.136. The van der Waals surface area contributed by atoms with Gasteiger partial charge in [0.1, 0.15) is 0 Å². The zero-order valence-electron chi connectivity index (χ0n) is 13.3. The van der Waals surface area contributed by atoms with Crippen LogP contribution in [0.2, 0.25) is 0 Å². The van der Waals surface area contributed by atoms with E-state index in [1.165, 1.54) is 24.8 Å². The van der Waals surface area contributed by atoms with Gasteiger partial charge in [0.25, 0.3) is 0 Å². The second kappa shape index (κ2) is 7.30. The van der Waals surface area contributed by atoms with Crippen molar-refractivity contribution >= 4 is 5.97 Å². The standard InChI is InChI=1S/C18H25NO2/c1-4-16(18(20)21-3)17-12-8-9-13-19(17)14(2)15-10-6-5-7-11-15/h5-7,10-11,14H,4,8-9,12-13H2,1-3H3/b17-16-/t14-/m0/s1. The number of likely N-dealkylation sites (tertiary alicyclic amines) is 1. The van der Waals surface area contributed by atoms with Crippen molar-refractivity contribution in [3.8, 4) is 0 Å². The fourth-order valence-corrected chi connectivity index (χ4v) is 3.11. The first-order chi connectivity index (χ1) is 10.2. The molecule has 0 aliphatic carbocycles. The summed E-state index contributed by atoms with van der Waals surface area (Å²) < 4.78 is 4.97. The van der Waals surface area contributed by atoms with Crippen molar-refractivity contribution in [1.29, 1.82) is 0 Å². The van der Waals surface area contributed by atoms with Crippen molar-refractivity contribution in [2.24, 2.45) is 0 Å². The molecule has 0 amide bonds. The van der Waals surface area contributed by atoms with Crippen molar-refractivity contribution in [1.82, 2.24) is 4.90 Å². The molecular weight excluding hydrogens is 262 g/mol. The van der Waals surface area contributed by atoms with E-state index in [4.69, 9.17) is 4.74 Å². The number of methoxy groups -OCH3 is 1. The zero-order chi connectivity index (χ0) is 15.2. The van der Waals surface area contributed by atoms with Crippen LogP contribution in [0.15, 0.2) is 41.6 Å². The minimum absolute atomic E-state index is 0.181. The quantitative estimate of drug-likeness (QED) is 0.617. The number of carbonyl (C=O) groups is 1. The number of allylic oxidation sites excluding steroid dienone is 1. The van der Waals surface area contributed by atoms with Crippen molar-refractivity contribution in [3.63, 3.8) is 0 Å². The number of ether oxygens (including phenoxy) is 1. The number of piperidine rings is 1. The van der Waals surface area contributed by atoms with Gasteiger partial charge in [-0.3, -0.25) is 0 Å². The van der Waals surface area contributed by atoms with E-state index in [9.17, 15) is 4.79 Å². The molecule has 1 atom stereocenters. The second-order valence-corrected chi connectivity index (χ2v) is 5.51. The normalized spacial score (nSPS) is 19.1. The summed E-state index contributed by atoms with van der Waals surface area (Å²) in [5.74, 6) is -0.181. The Bertz CT molecular complexity index is 507.